The van der Waals surface area contributed by atoms with Gasteiger partial charge in [-0.3, -0.25) is 0 Å². The van der Waals surface area contributed by atoms with E-state index >= 15 is 0 Å². The second-order valence-electron chi connectivity index (χ2n) is 3.05. The molecule has 0 aromatic heterocycles. The Morgan fingerprint density at radius 1 is 1.33 bits per heavy atom. The monoisotopic (exact) mass is 219 g/mol. The van der Waals surface area contributed by atoms with Crippen LogP contribution in [0.4, 0.5) is 13.2 Å². The van der Waals surface area contributed by atoms with Crippen molar-refractivity contribution in [3.05, 3.63) is 29.3 Å². The first-order chi connectivity index (χ1) is 6.99. The molecule has 0 saturated carbocycles. The van der Waals surface area contributed by atoms with Crippen LogP contribution in [0.3, 0.4) is 0 Å². The highest BCUT2D eigenvalue weighted by Gasteiger charge is 2.31. The summed E-state index contributed by atoms with van der Waals surface area (Å²) in [5, 5.41) is 2.86. The maximum Gasteiger partial charge on any atom is 0.416 e. The molecule has 0 heterocycles. The van der Waals surface area contributed by atoms with Gasteiger partial charge in [-0.2, -0.15) is 13.2 Å². The molecule has 84 valence electrons. The number of hydrogen-bond acceptors (Lipinski definition) is 2. The Hall–Kier alpha value is -1.23. The summed E-state index contributed by atoms with van der Waals surface area (Å²) in [4.78, 5) is 0. The summed E-state index contributed by atoms with van der Waals surface area (Å²) in [6.07, 6.45) is -4.33. The lowest BCUT2D eigenvalue weighted by Crippen LogP contribution is -2.09. The fraction of sp³-hybridized carbons (Fsp3) is 0.400. The van der Waals surface area contributed by atoms with Gasteiger partial charge in [0.25, 0.3) is 0 Å². The molecule has 1 N–H and O–H groups in total. The predicted octanol–water partition coefficient (Wildman–Crippen LogP) is 2.43. The molecular weight excluding hydrogens is 207 g/mol. The van der Waals surface area contributed by atoms with Crippen molar-refractivity contribution >= 4 is 0 Å². The van der Waals surface area contributed by atoms with E-state index in [1.165, 1.54) is 13.2 Å². The smallest absolute Gasteiger partial charge is 0.416 e. The van der Waals surface area contributed by atoms with Crippen molar-refractivity contribution in [2.45, 2.75) is 12.7 Å². The normalized spacial score (nSPS) is 11.5. The van der Waals surface area contributed by atoms with E-state index in [4.69, 9.17) is 4.74 Å². The van der Waals surface area contributed by atoms with Crippen LogP contribution in [0.25, 0.3) is 0 Å². The van der Waals surface area contributed by atoms with Gasteiger partial charge in [0.1, 0.15) is 5.75 Å². The third kappa shape index (κ3) is 2.86. The molecule has 0 aliphatic rings. The van der Waals surface area contributed by atoms with Crippen molar-refractivity contribution in [3.63, 3.8) is 0 Å². The zero-order chi connectivity index (χ0) is 11.5. The SMILES string of the molecule is CNCc1ccc(C(F)(F)F)cc1OC. The Bertz CT molecular complexity index is 336. The molecule has 0 aliphatic carbocycles. The zero-order valence-corrected chi connectivity index (χ0v) is 8.48. The molecule has 1 rings (SSSR count). The Kier molecular flexibility index (Phi) is 3.57. The quantitative estimate of drug-likeness (QED) is 0.843. The summed E-state index contributed by atoms with van der Waals surface area (Å²) in [6.45, 7) is 0.474. The van der Waals surface area contributed by atoms with Gasteiger partial charge in [-0.15, -0.1) is 0 Å². The molecule has 15 heavy (non-hydrogen) atoms. The van der Waals surface area contributed by atoms with Crippen molar-refractivity contribution < 1.29 is 17.9 Å². The lowest BCUT2D eigenvalue weighted by Gasteiger charge is -2.12. The summed E-state index contributed by atoms with van der Waals surface area (Å²) in [5.74, 6) is 0.249. The molecule has 0 saturated heterocycles. The van der Waals surface area contributed by atoms with Gasteiger partial charge in [-0.1, -0.05) is 6.07 Å². The van der Waals surface area contributed by atoms with Crippen molar-refractivity contribution in [2.24, 2.45) is 0 Å². The van der Waals surface area contributed by atoms with Crippen molar-refractivity contribution in [3.8, 4) is 5.75 Å². The maximum absolute atomic E-state index is 12.4. The Morgan fingerprint density at radius 2 is 2.00 bits per heavy atom. The fourth-order valence-corrected chi connectivity index (χ4v) is 1.26. The van der Waals surface area contributed by atoms with Gasteiger partial charge in [0, 0.05) is 12.1 Å². The molecule has 0 atom stereocenters. The molecule has 2 nitrogen and oxygen atoms in total. The van der Waals surface area contributed by atoms with Crippen molar-refractivity contribution in [1.29, 1.82) is 0 Å². The molecule has 5 heteroatoms. The number of ether oxygens (including phenoxy) is 1. The van der Waals surface area contributed by atoms with E-state index in [1.54, 1.807) is 7.05 Å². The Balaban J connectivity index is 3.08. The highest BCUT2D eigenvalue weighted by molar-refractivity contribution is 5.38. The number of nitrogens with one attached hydrogen (secondary N) is 1. The van der Waals surface area contributed by atoms with E-state index in [9.17, 15) is 13.2 Å². The van der Waals surface area contributed by atoms with E-state index in [1.807, 2.05) is 0 Å². The first-order valence-electron chi connectivity index (χ1n) is 4.37. The lowest BCUT2D eigenvalue weighted by atomic mass is 10.1. The molecule has 1 aromatic carbocycles. The summed E-state index contributed by atoms with van der Waals surface area (Å²) in [7, 11) is 3.08. The highest BCUT2D eigenvalue weighted by Crippen LogP contribution is 2.32. The van der Waals surface area contributed by atoms with Gasteiger partial charge in [0.2, 0.25) is 0 Å². The minimum Gasteiger partial charge on any atom is -0.496 e. The van der Waals surface area contributed by atoms with Crippen LogP contribution in [0.5, 0.6) is 5.75 Å². The van der Waals surface area contributed by atoms with Crippen LogP contribution < -0.4 is 10.1 Å². The van der Waals surface area contributed by atoms with E-state index < -0.39 is 11.7 Å². The minimum atomic E-state index is -4.33. The predicted molar refractivity (Wildman–Crippen MR) is 50.8 cm³/mol. The first-order valence-corrected chi connectivity index (χ1v) is 4.37. The molecule has 0 amide bonds. The van der Waals surface area contributed by atoms with Gasteiger partial charge in [0.05, 0.1) is 12.7 Å². The minimum absolute atomic E-state index is 0.249. The highest BCUT2D eigenvalue weighted by atomic mass is 19.4. The van der Waals surface area contributed by atoms with E-state index in [-0.39, 0.29) is 5.75 Å². The number of benzene rings is 1. The van der Waals surface area contributed by atoms with Crippen LogP contribution in [-0.2, 0) is 12.7 Å². The molecular formula is C10H12F3NO. The number of halogens is 3. The van der Waals surface area contributed by atoms with Crippen LogP contribution in [0.1, 0.15) is 11.1 Å². The van der Waals surface area contributed by atoms with Crippen LogP contribution in [-0.4, -0.2) is 14.2 Å². The second-order valence-corrected chi connectivity index (χ2v) is 3.05. The molecule has 0 bridgehead atoms. The number of methoxy groups -OCH3 is 1. The van der Waals surface area contributed by atoms with Crippen molar-refractivity contribution in [2.75, 3.05) is 14.2 Å². The summed E-state index contributed by atoms with van der Waals surface area (Å²) >= 11 is 0. The van der Waals surface area contributed by atoms with Gasteiger partial charge in [0.15, 0.2) is 0 Å². The van der Waals surface area contributed by atoms with Crippen LogP contribution >= 0.6 is 0 Å². The second kappa shape index (κ2) is 4.53. The molecule has 0 spiro atoms. The van der Waals surface area contributed by atoms with Gasteiger partial charge in [-0.25, -0.2) is 0 Å². The Morgan fingerprint density at radius 3 is 2.47 bits per heavy atom. The van der Waals surface area contributed by atoms with Crippen molar-refractivity contribution in [1.82, 2.24) is 5.32 Å². The van der Waals surface area contributed by atoms with Crippen LogP contribution in [0.2, 0.25) is 0 Å². The van der Waals surface area contributed by atoms with Crippen LogP contribution in [0.15, 0.2) is 18.2 Å². The van der Waals surface area contributed by atoms with E-state index in [2.05, 4.69) is 5.32 Å². The third-order valence-corrected chi connectivity index (χ3v) is 1.98. The summed E-state index contributed by atoms with van der Waals surface area (Å²) in [6, 6.07) is 3.47. The molecule has 0 fully saturated rings. The average molecular weight is 219 g/mol. The van der Waals surface area contributed by atoms with Gasteiger partial charge in [-0.05, 0) is 19.2 Å². The average Bonchev–Trinajstić information content (AvgIpc) is 2.17. The number of alkyl halides is 3. The van der Waals surface area contributed by atoms with Gasteiger partial charge >= 0.3 is 6.18 Å². The first kappa shape index (κ1) is 11.8. The standard InChI is InChI=1S/C10H12F3NO/c1-14-6-7-3-4-8(10(11,12)13)5-9(7)15-2/h3-5,14H,6H2,1-2H3. The number of rotatable bonds is 3. The third-order valence-electron chi connectivity index (χ3n) is 1.98. The summed E-state index contributed by atoms with van der Waals surface area (Å²) in [5.41, 5.74) is 0.00667. The summed E-state index contributed by atoms with van der Waals surface area (Å²) < 4.78 is 41.9. The maximum atomic E-state index is 12.4. The molecule has 0 aliphatic heterocycles. The topological polar surface area (TPSA) is 21.3 Å². The van der Waals surface area contributed by atoms with E-state index in [0.717, 1.165) is 12.1 Å². The zero-order valence-electron chi connectivity index (χ0n) is 8.48. The largest absolute Gasteiger partial charge is 0.496 e. The fourth-order valence-electron chi connectivity index (χ4n) is 1.26. The lowest BCUT2D eigenvalue weighted by molar-refractivity contribution is -0.137. The molecule has 0 radical (unpaired) electrons. The van der Waals surface area contributed by atoms with Crippen LogP contribution in [0, 0.1) is 0 Å². The Labute approximate surface area is 86.1 Å². The van der Waals surface area contributed by atoms with E-state index in [0.29, 0.717) is 12.1 Å². The number of hydrogen-bond donors (Lipinski definition) is 1. The van der Waals surface area contributed by atoms with Gasteiger partial charge < -0.3 is 10.1 Å². The molecule has 1 aromatic rings. The molecule has 0 unspecified atom stereocenters.